The molecule has 1 saturated heterocycles. The number of hydrogen-bond acceptors (Lipinski definition) is 4. The number of methoxy groups -OCH3 is 1. The van der Waals surface area contributed by atoms with Crippen molar-refractivity contribution < 1.29 is 23.5 Å². The van der Waals surface area contributed by atoms with Crippen LogP contribution >= 0.6 is 0 Å². The number of nitrogens with one attached hydrogen (secondary N) is 1. The fraction of sp³-hybridized carbons (Fsp3) is 0.591. The van der Waals surface area contributed by atoms with E-state index in [9.17, 15) is 18.8 Å². The number of benzene rings is 1. The first-order valence-electron chi connectivity index (χ1n) is 10.3. The molecule has 0 spiro atoms. The molecule has 1 heterocycles. The maximum atomic E-state index is 13.1. The number of rotatable bonds is 4. The zero-order chi connectivity index (χ0) is 21.0. The van der Waals surface area contributed by atoms with E-state index in [1.165, 1.54) is 31.4 Å². The third-order valence-corrected chi connectivity index (χ3v) is 6.31. The molecule has 2 amide bonds. The summed E-state index contributed by atoms with van der Waals surface area (Å²) < 4.78 is 18.0. The number of carbonyl (C=O) groups excluding carboxylic acids is 3. The number of carbonyl (C=O) groups is 3. The van der Waals surface area contributed by atoms with Gasteiger partial charge in [0.15, 0.2) is 0 Å². The van der Waals surface area contributed by atoms with Gasteiger partial charge in [-0.3, -0.25) is 9.59 Å². The Kier molecular flexibility index (Phi) is 6.55. The number of likely N-dealkylation sites (tertiary alicyclic amines) is 1. The summed E-state index contributed by atoms with van der Waals surface area (Å²) in [4.78, 5) is 39.6. The van der Waals surface area contributed by atoms with Crippen LogP contribution in [-0.2, 0) is 14.3 Å². The van der Waals surface area contributed by atoms with Crippen LogP contribution in [0, 0.1) is 17.7 Å². The first-order valence-corrected chi connectivity index (χ1v) is 10.3. The Balaban J connectivity index is 1.58. The van der Waals surface area contributed by atoms with Crippen molar-refractivity contribution >= 4 is 17.8 Å². The maximum Gasteiger partial charge on any atom is 0.331 e. The van der Waals surface area contributed by atoms with Crippen molar-refractivity contribution in [3.63, 3.8) is 0 Å². The molecule has 1 aliphatic heterocycles. The fourth-order valence-electron chi connectivity index (χ4n) is 4.29. The molecule has 1 aliphatic carbocycles. The number of amides is 2. The van der Waals surface area contributed by atoms with Crippen molar-refractivity contribution in [3.05, 3.63) is 35.6 Å². The molecule has 7 heteroatoms. The standard InChI is InChI=1S/C22H29FN2O4/c1-15-7-11-22(12-8-15,21(28)29-2)24-19(26)16-9-13-25(14-10-16)20(27)17-3-5-18(23)6-4-17/h3-6,15-16H,7-14H2,1-2H3,(H,24,26). The van der Waals surface area contributed by atoms with E-state index in [0.29, 0.717) is 50.3 Å². The molecule has 1 aromatic carbocycles. The molecular weight excluding hydrogens is 375 g/mol. The lowest BCUT2D eigenvalue weighted by Gasteiger charge is -2.39. The molecule has 1 aromatic rings. The lowest BCUT2D eigenvalue weighted by molar-refractivity contribution is -0.153. The van der Waals surface area contributed by atoms with Crippen LogP contribution in [0.15, 0.2) is 24.3 Å². The molecule has 6 nitrogen and oxygen atoms in total. The van der Waals surface area contributed by atoms with E-state index in [-0.39, 0.29) is 29.5 Å². The Morgan fingerprint density at radius 3 is 2.21 bits per heavy atom. The molecule has 1 saturated carbocycles. The summed E-state index contributed by atoms with van der Waals surface area (Å²) in [6.07, 6.45) is 4.00. The van der Waals surface area contributed by atoms with Crippen molar-refractivity contribution in [1.29, 1.82) is 0 Å². The third kappa shape index (κ3) is 4.77. The van der Waals surface area contributed by atoms with E-state index in [1.54, 1.807) is 4.90 Å². The number of halogens is 1. The monoisotopic (exact) mass is 404 g/mol. The first kappa shape index (κ1) is 21.3. The Bertz CT molecular complexity index is 749. The van der Waals surface area contributed by atoms with Crippen molar-refractivity contribution in [2.24, 2.45) is 11.8 Å². The summed E-state index contributed by atoms with van der Waals surface area (Å²) in [7, 11) is 1.35. The highest BCUT2D eigenvalue weighted by Gasteiger charge is 2.44. The van der Waals surface area contributed by atoms with Crippen LogP contribution < -0.4 is 5.32 Å². The largest absolute Gasteiger partial charge is 0.467 e. The molecule has 0 atom stereocenters. The van der Waals surface area contributed by atoms with Crippen LogP contribution in [0.3, 0.4) is 0 Å². The second-order valence-electron chi connectivity index (χ2n) is 8.32. The topological polar surface area (TPSA) is 75.7 Å². The summed E-state index contributed by atoms with van der Waals surface area (Å²) in [5.74, 6) is -0.760. The lowest BCUT2D eigenvalue weighted by atomic mass is 9.76. The first-order chi connectivity index (χ1) is 13.8. The van der Waals surface area contributed by atoms with Crippen LogP contribution in [0.5, 0.6) is 0 Å². The Labute approximate surface area is 170 Å². The second kappa shape index (κ2) is 8.93. The van der Waals surface area contributed by atoms with Crippen molar-refractivity contribution in [3.8, 4) is 0 Å². The van der Waals surface area contributed by atoms with Gasteiger partial charge in [-0.05, 0) is 68.7 Å². The summed E-state index contributed by atoms with van der Waals surface area (Å²) in [6.45, 7) is 3.06. The van der Waals surface area contributed by atoms with E-state index in [2.05, 4.69) is 12.2 Å². The molecule has 0 unspecified atom stereocenters. The Morgan fingerprint density at radius 1 is 1.07 bits per heavy atom. The number of nitrogens with zero attached hydrogens (tertiary/aromatic N) is 1. The van der Waals surface area contributed by atoms with Crippen LogP contribution in [0.2, 0.25) is 0 Å². The SMILES string of the molecule is COC(=O)C1(NC(=O)C2CCN(C(=O)c3ccc(F)cc3)CC2)CCC(C)CC1. The summed E-state index contributed by atoms with van der Waals surface area (Å²) in [5, 5.41) is 3.00. The number of esters is 1. The van der Waals surface area contributed by atoms with Gasteiger partial charge in [-0.15, -0.1) is 0 Å². The van der Waals surface area contributed by atoms with E-state index < -0.39 is 5.54 Å². The molecule has 158 valence electrons. The highest BCUT2D eigenvalue weighted by atomic mass is 19.1. The molecule has 0 bridgehead atoms. The van der Waals surface area contributed by atoms with E-state index in [0.717, 1.165) is 12.8 Å². The van der Waals surface area contributed by atoms with Crippen molar-refractivity contribution in [2.75, 3.05) is 20.2 Å². The van der Waals surface area contributed by atoms with Gasteiger partial charge in [0.25, 0.3) is 5.91 Å². The van der Waals surface area contributed by atoms with E-state index in [4.69, 9.17) is 4.74 Å². The summed E-state index contributed by atoms with van der Waals surface area (Å²) >= 11 is 0. The molecule has 2 aliphatic rings. The third-order valence-electron chi connectivity index (χ3n) is 6.31. The van der Waals surface area contributed by atoms with Gasteiger partial charge in [0.2, 0.25) is 5.91 Å². The lowest BCUT2D eigenvalue weighted by Crippen LogP contribution is -2.58. The predicted octanol–water partition coefficient (Wildman–Crippen LogP) is 2.92. The minimum atomic E-state index is -0.931. The van der Waals surface area contributed by atoms with Gasteiger partial charge < -0.3 is 15.0 Å². The Morgan fingerprint density at radius 2 is 1.66 bits per heavy atom. The molecular formula is C22H29FN2O4. The van der Waals surface area contributed by atoms with Gasteiger partial charge in [0.05, 0.1) is 7.11 Å². The molecule has 1 N–H and O–H groups in total. The maximum absolute atomic E-state index is 13.1. The average molecular weight is 404 g/mol. The van der Waals surface area contributed by atoms with Crippen LogP contribution in [0.25, 0.3) is 0 Å². The average Bonchev–Trinajstić information content (AvgIpc) is 2.75. The van der Waals surface area contributed by atoms with Gasteiger partial charge in [-0.2, -0.15) is 0 Å². The molecule has 3 rings (SSSR count). The summed E-state index contributed by atoms with van der Waals surface area (Å²) in [5.41, 5.74) is -0.491. The number of piperidine rings is 1. The van der Waals surface area contributed by atoms with Gasteiger partial charge in [0, 0.05) is 24.6 Å². The van der Waals surface area contributed by atoms with E-state index >= 15 is 0 Å². The minimum absolute atomic E-state index is 0.140. The van der Waals surface area contributed by atoms with E-state index in [1.807, 2.05) is 0 Å². The highest BCUT2D eigenvalue weighted by Crippen LogP contribution is 2.33. The normalized spacial score (nSPS) is 25.3. The molecule has 2 fully saturated rings. The minimum Gasteiger partial charge on any atom is -0.467 e. The van der Waals surface area contributed by atoms with Gasteiger partial charge in [-0.25, -0.2) is 9.18 Å². The van der Waals surface area contributed by atoms with Gasteiger partial charge in [-0.1, -0.05) is 6.92 Å². The van der Waals surface area contributed by atoms with Crippen LogP contribution in [0.1, 0.15) is 55.8 Å². The highest BCUT2D eigenvalue weighted by molar-refractivity contribution is 5.94. The second-order valence-corrected chi connectivity index (χ2v) is 8.32. The zero-order valence-corrected chi connectivity index (χ0v) is 17.1. The molecule has 0 radical (unpaired) electrons. The quantitative estimate of drug-likeness (QED) is 0.783. The number of hydrogen-bond donors (Lipinski definition) is 1. The van der Waals surface area contributed by atoms with Gasteiger partial charge in [0.1, 0.15) is 11.4 Å². The van der Waals surface area contributed by atoms with Gasteiger partial charge >= 0.3 is 5.97 Å². The summed E-state index contributed by atoms with van der Waals surface area (Å²) in [6, 6.07) is 5.48. The molecule has 0 aromatic heterocycles. The molecule has 29 heavy (non-hydrogen) atoms. The predicted molar refractivity (Wildman–Crippen MR) is 106 cm³/mol. The Hall–Kier alpha value is -2.44. The van der Waals surface area contributed by atoms with Crippen LogP contribution in [-0.4, -0.2) is 48.4 Å². The zero-order valence-electron chi connectivity index (χ0n) is 17.1. The fourth-order valence-corrected chi connectivity index (χ4v) is 4.29. The smallest absolute Gasteiger partial charge is 0.331 e. The number of ether oxygens (including phenoxy) is 1. The van der Waals surface area contributed by atoms with Crippen molar-refractivity contribution in [2.45, 2.75) is 51.0 Å². The van der Waals surface area contributed by atoms with Crippen molar-refractivity contribution in [1.82, 2.24) is 10.2 Å². The van der Waals surface area contributed by atoms with Crippen LogP contribution in [0.4, 0.5) is 4.39 Å².